The minimum Gasteiger partial charge on any atom is -0.480 e. The molecule has 1 fully saturated rings. The Morgan fingerprint density at radius 3 is 2.27 bits per heavy atom. The van der Waals surface area contributed by atoms with Crippen LogP contribution in [0.4, 0.5) is 0 Å². The van der Waals surface area contributed by atoms with Gasteiger partial charge in [-0.1, -0.05) is 13.8 Å². The van der Waals surface area contributed by atoms with Gasteiger partial charge in [0.25, 0.3) is 0 Å². The molecule has 0 saturated carbocycles. The molecule has 0 aliphatic carbocycles. The molecule has 26 heavy (non-hydrogen) atoms. The molecule has 0 aromatic rings. The highest BCUT2D eigenvalue weighted by Crippen LogP contribution is 2.19. The number of aliphatic carboxylic acids is 1. The maximum atomic E-state index is 12.6. The van der Waals surface area contributed by atoms with Gasteiger partial charge < -0.3 is 26.4 Å². The van der Waals surface area contributed by atoms with E-state index in [1.54, 1.807) is 0 Å². The molecule has 3 amide bonds. The standard InChI is InChI=1S/C17H30N4O5/c1-9(2)8-12(17(25)26)20-15(23)13-6-5-7-21(13)16(24)11(4)19-14(22)10(3)18/h9-13H,5-8,18H2,1-4H3,(H,19,22)(H,20,23)(H,25,26)/t10-,11-,12-,13-/m0/s1. The van der Waals surface area contributed by atoms with Gasteiger partial charge in [0.2, 0.25) is 17.7 Å². The van der Waals surface area contributed by atoms with Crippen LogP contribution in [0.25, 0.3) is 0 Å². The van der Waals surface area contributed by atoms with E-state index in [-0.39, 0.29) is 11.8 Å². The Morgan fingerprint density at radius 2 is 1.77 bits per heavy atom. The number of nitrogens with one attached hydrogen (secondary N) is 2. The number of likely N-dealkylation sites (tertiary alicyclic amines) is 1. The minimum atomic E-state index is -1.10. The number of hydrogen-bond donors (Lipinski definition) is 4. The summed E-state index contributed by atoms with van der Waals surface area (Å²) >= 11 is 0. The number of nitrogens with zero attached hydrogens (tertiary/aromatic N) is 1. The minimum absolute atomic E-state index is 0.103. The van der Waals surface area contributed by atoms with Crippen LogP contribution < -0.4 is 16.4 Å². The summed E-state index contributed by atoms with van der Waals surface area (Å²) in [5, 5.41) is 14.3. The number of nitrogens with two attached hydrogens (primary N) is 1. The van der Waals surface area contributed by atoms with E-state index in [1.807, 2.05) is 13.8 Å². The van der Waals surface area contributed by atoms with E-state index in [9.17, 15) is 24.3 Å². The lowest BCUT2D eigenvalue weighted by atomic mass is 10.0. The lowest BCUT2D eigenvalue weighted by molar-refractivity contribution is -0.145. The van der Waals surface area contributed by atoms with Gasteiger partial charge in [-0.2, -0.15) is 0 Å². The summed E-state index contributed by atoms with van der Waals surface area (Å²) < 4.78 is 0. The molecule has 148 valence electrons. The van der Waals surface area contributed by atoms with Crippen LogP contribution in [-0.2, 0) is 19.2 Å². The maximum absolute atomic E-state index is 12.6. The molecule has 4 atom stereocenters. The molecule has 0 bridgehead atoms. The molecule has 0 aromatic heterocycles. The molecule has 1 rings (SSSR count). The summed E-state index contributed by atoms with van der Waals surface area (Å²) in [6.07, 6.45) is 1.40. The molecule has 0 unspecified atom stereocenters. The zero-order valence-electron chi connectivity index (χ0n) is 15.8. The van der Waals surface area contributed by atoms with E-state index in [0.717, 1.165) is 0 Å². The largest absolute Gasteiger partial charge is 0.480 e. The first kappa shape index (κ1) is 21.9. The average Bonchev–Trinajstić information content (AvgIpc) is 3.02. The summed E-state index contributed by atoms with van der Waals surface area (Å²) in [5.41, 5.74) is 5.48. The molecule has 9 nitrogen and oxygen atoms in total. The number of rotatable bonds is 8. The van der Waals surface area contributed by atoms with E-state index in [1.165, 1.54) is 18.7 Å². The molecular formula is C17H30N4O5. The lowest BCUT2D eigenvalue weighted by Crippen LogP contribution is -2.55. The molecule has 5 N–H and O–H groups in total. The number of carbonyl (C=O) groups excluding carboxylic acids is 3. The third kappa shape index (κ3) is 5.98. The number of carbonyl (C=O) groups is 4. The van der Waals surface area contributed by atoms with Crippen molar-refractivity contribution in [3.63, 3.8) is 0 Å². The highest BCUT2D eigenvalue weighted by Gasteiger charge is 2.37. The van der Waals surface area contributed by atoms with Crippen molar-refractivity contribution in [2.45, 2.75) is 71.1 Å². The fraction of sp³-hybridized carbons (Fsp3) is 0.765. The van der Waals surface area contributed by atoms with Crippen molar-refractivity contribution in [2.75, 3.05) is 6.54 Å². The SMILES string of the molecule is CC(C)C[C@H](NC(=O)[C@@H]1CCCN1C(=O)[C@H](C)NC(=O)[C@H](C)N)C(=O)O. The predicted octanol–water partition coefficient (Wildman–Crippen LogP) is -0.555. The summed E-state index contributed by atoms with van der Waals surface area (Å²) in [4.78, 5) is 49.5. The predicted molar refractivity (Wildman–Crippen MR) is 95.0 cm³/mol. The topological polar surface area (TPSA) is 142 Å². The van der Waals surface area contributed by atoms with Gasteiger partial charge in [-0.25, -0.2) is 4.79 Å². The van der Waals surface area contributed by atoms with Gasteiger partial charge >= 0.3 is 5.97 Å². The Balaban J connectivity index is 2.76. The summed E-state index contributed by atoms with van der Waals surface area (Å²) in [6, 6.07) is -3.27. The highest BCUT2D eigenvalue weighted by atomic mass is 16.4. The summed E-state index contributed by atoms with van der Waals surface area (Å²) in [6.45, 7) is 7.18. The molecule has 0 aromatic carbocycles. The first-order chi connectivity index (χ1) is 12.0. The molecule has 0 spiro atoms. The van der Waals surface area contributed by atoms with Crippen molar-refractivity contribution in [1.29, 1.82) is 0 Å². The average molecular weight is 370 g/mol. The Morgan fingerprint density at radius 1 is 1.15 bits per heavy atom. The Labute approximate surface area is 153 Å². The van der Waals surface area contributed by atoms with Gasteiger partial charge in [-0.3, -0.25) is 14.4 Å². The lowest BCUT2D eigenvalue weighted by Gasteiger charge is -2.28. The van der Waals surface area contributed by atoms with Crippen molar-refractivity contribution in [2.24, 2.45) is 11.7 Å². The Kier molecular flexibility index (Phi) is 8.01. The van der Waals surface area contributed by atoms with Crippen molar-refractivity contribution >= 4 is 23.7 Å². The van der Waals surface area contributed by atoms with Gasteiger partial charge in [0.1, 0.15) is 18.1 Å². The first-order valence-corrected chi connectivity index (χ1v) is 8.94. The van der Waals surface area contributed by atoms with Crippen LogP contribution in [0.2, 0.25) is 0 Å². The molecule has 9 heteroatoms. The monoisotopic (exact) mass is 370 g/mol. The zero-order chi connectivity index (χ0) is 20.0. The summed E-state index contributed by atoms with van der Waals surface area (Å²) in [7, 11) is 0. The second-order valence-corrected chi connectivity index (χ2v) is 7.24. The van der Waals surface area contributed by atoms with Gasteiger partial charge in [0.05, 0.1) is 6.04 Å². The van der Waals surface area contributed by atoms with Crippen LogP contribution in [0.1, 0.15) is 47.0 Å². The first-order valence-electron chi connectivity index (χ1n) is 8.94. The van der Waals surface area contributed by atoms with Crippen LogP contribution in [-0.4, -0.2) is 64.4 Å². The van der Waals surface area contributed by atoms with E-state index in [0.29, 0.717) is 25.8 Å². The van der Waals surface area contributed by atoms with E-state index in [4.69, 9.17) is 5.73 Å². The second-order valence-electron chi connectivity index (χ2n) is 7.24. The fourth-order valence-corrected chi connectivity index (χ4v) is 2.92. The third-order valence-corrected chi connectivity index (χ3v) is 4.30. The van der Waals surface area contributed by atoms with Crippen molar-refractivity contribution in [3.8, 4) is 0 Å². The van der Waals surface area contributed by atoms with Gasteiger partial charge in [0.15, 0.2) is 0 Å². The number of carboxylic acid groups (broad SMARTS) is 1. The number of hydrogen-bond acceptors (Lipinski definition) is 5. The normalized spacial score (nSPS) is 20.4. The maximum Gasteiger partial charge on any atom is 0.326 e. The van der Waals surface area contributed by atoms with Gasteiger partial charge in [-0.15, -0.1) is 0 Å². The fourth-order valence-electron chi connectivity index (χ4n) is 2.92. The zero-order valence-corrected chi connectivity index (χ0v) is 15.8. The summed E-state index contributed by atoms with van der Waals surface area (Å²) in [5.74, 6) is -2.30. The number of amides is 3. The smallest absolute Gasteiger partial charge is 0.326 e. The molecule has 0 radical (unpaired) electrons. The van der Waals surface area contributed by atoms with E-state index >= 15 is 0 Å². The van der Waals surface area contributed by atoms with Crippen LogP contribution >= 0.6 is 0 Å². The Bertz CT molecular complexity index is 549. The van der Waals surface area contributed by atoms with Crippen molar-refractivity contribution in [1.82, 2.24) is 15.5 Å². The molecule has 1 saturated heterocycles. The molecule has 1 aliphatic heterocycles. The van der Waals surface area contributed by atoms with Gasteiger partial charge in [0, 0.05) is 6.54 Å². The van der Waals surface area contributed by atoms with Crippen molar-refractivity contribution < 1.29 is 24.3 Å². The third-order valence-electron chi connectivity index (χ3n) is 4.30. The van der Waals surface area contributed by atoms with Crippen LogP contribution in [0.3, 0.4) is 0 Å². The second kappa shape index (κ2) is 9.51. The van der Waals surface area contributed by atoms with Crippen LogP contribution in [0.15, 0.2) is 0 Å². The van der Waals surface area contributed by atoms with Crippen LogP contribution in [0, 0.1) is 5.92 Å². The molecular weight excluding hydrogens is 340 g/mol. The van der Waals surface area contributed by atoms with E-state index < -0.39 is 42.0 Å². The Hall–Kier alpha value is -2.16. The van der Waals surface area contributed by atoms with Gasteiger partial charge in [-0.05, 0) is 39.0 Å². The van der Waals surface area contributed by atoms with Crippen LogP contribution in [0.5, 0.6) is 0 Å². The molecule has 1 heterocycles. The highest BCUT2D eigenvalue weighted by molar-refractivity contribution is 5.94. The number of carboxylic acids is 1. The van der Waals surface area contributed by atoms with Crippen molar-refractivity contribution in [3.05, 3.63) is 0 Å². The quantitative estimate of drug-likeness (QED) is 0.451. The molecule has 1 aliphatic rings. The van der Waals surface area contributed by atoms with E-state index in [2.05, 4.69) is 10.6 Å².